The number of rotatable bonds is 3. The van der Waals surface area contributed by atoms with Gasteiger partial charge in [-0.15, -0.1) is 0 Å². The van der Waals surface area contributed by atoms with Crippen LogP contribution < -0.4 is 5.32 Å². The lowest BCUT2D eigenvalue weighted by Gasteiger charge is -2.28. The van der Waals surface area contributed by atoms with E-state index in [1.807, 2.05) is 20.8 Å². The zero-order valence-electron chi connectivity index (χ0n) is 12.3. The van der Waals surface area contributed by atoms with Crippen LogP contribution in [0.25, 0.3) is 0 Å². The van der Waals surface area contributed by atoms with Crippen molar-refractivity contribution in [2.75, 3.05) is 18.4 Å². The molecule has 1 atom stereocenters. The highest BCUT2D eigenvalue weighted by atomic mass is 16.6. The van der Waals surface area contributed by atoms with Crippen molar-refractivity contribution in [1.29, 1.82) is 0 Å². The van der Waals surface area contributed by atoms with Crippen LogP contribution in [0.3, 0.4) is 0 Å². The maximum Gasteiger partial charge on any atom is 0.410 e. The first-order chi connectivity index (χ1) is 9.46. The lowest BCUT2D eigenvalue weighted by atomic mass is 10.2. The number of carbonyl (C=O) groups is 1. The average molecular weight is 278 g/mol. The van der Waals surface area contributed by atoms with Crippen molar-refractivity contribution < 1.29 is 9.53 Å². The molecule has 0 unspecified atom stereocenters. The molecule has 6 nitrogen and oxygen atoms in total. The van der Waals surface area contributed by atoms with Gasteiger partial charge in [0.1, 0.15) is 11.4 Å². The van der Waals surface area contributed by atoms with E-state index < -0.39 is 5.60 Å². The van der Waals surface area contributed by atoms with Crippen molar-refractivity contribution in [1.82, 2.24) is 14.9 Å². The summed E-state index contributed by atoms with van der Waals surface area (Å²) in [5, 5.41) is 3.21. The molecule has 1 N–H and O–H groups in total. The Hall–Kier alpha value is -1.85. The zero-order valence-corrected chi connectivity index (χ0v) is 12.3. The summed E-state index contributed by atoms with van der Waals surface area (Å²) in [6.45, 7) is 7.06. The molecule has 0 aromatic carbocycles. The van der Waals surface area contributed by atoms with Gasteiger partial charge in [0, 0.05) is 25.5 Å². The summed E-state index contributed by atoms with van der Waals surface area (Å²) in [4.78, 5) is 22.1. The Kier molecular flexibility index (Phi) is 4.42. The number of aromatic nitrogens is 2. The Morgan fingerprint density at radius 1 is 1.50 bits per heavy atom. The van der Waals surface area contributed by atoms with Crippen LogP contribution in [0.4, 0.5) is 10.6 Å². The van der Waals surface area contributed by atoms with Crippen LogP contribution in [0, 0.1) is 0 Å². The fourth-order valence-electron chi connectivity index (χ4n) is 2.22. The third-order valence-electron chi connectivity index (χ3n) is 3.09. The van der Waals surface area contributed by atoms with E-state index in [4.69, 9.17) is 4.74 Å². The fraction of sp³-hybridized carbons (Fsp3) is 0.643. The molecule has 0 spiro atoms. The predicted molar refractivity (Wildman–Crippen MR) is 76.5 cm³/mol. The third-order valence-corrected chi connectivity index (χ3v) is 3.09. The highest BCUT2D eigenvalue weighted by Crippen LogP contribution is 2.21. The lowest BCUT2D eigenvalue weighted by molar-refractivity contribution is 0.0235. The SMILES string of the molecule is CC(C)(C)OC(=O)N1CCC[C@@H]1CNc1cnccn1. The minimum atomic E-state index is -0.456. The van der Waals surface area contributed by atoms with E-state index in [-0.39, 0.29) is 12.1 Å². The standard InChI is InChI=1S/C14H22N4O2/c1-14(2,3)20-13(19)18-8-4-5-11(18)9-17-12-10-15-6-7-16-12/h6-7,10-11H,4-5,8-9H2,1-3H3,(H,16,17)/t11-/m1/s1. The van der Waals surface area contributed by atoms with E-state index in [1.165, 1.54) is 0 Å². The summed E-state index contributed by atoms with van der Waals surface area (Å²) in [5.74, 6) is 0.725. The van der Waals surface area contributed by atoms with Crippen LogP contribution in [0.1, 0.15) is 33.6 Å². The van der Waals surface area contributed by atoms with Crippen LogP contribution in [0.2, 0.25) is 0 Å². The molecule has 20 heavy (non-hydrogen) atoms. The number of likely N-dealkylation sites (tertiary alicyclic amines) is 1. The van der Waals surface area contributed by atoms with Gasteiger partial charge in [0.25, 0.3) is 0 Å². The van der Waals surface area contributed by atoms with Gasteiger partial charge in [-0.2, -0.15) is 0 Å². The molecule has 0 aliphatic carbocycles. The molecule has 6 heteroatoms. The van der Waals surface area contributed by atoms with E-state index >= 15 is 0 Å². The van der Waals surface area contributed by atoms with E-state index in [0.717, 1.165) is 25.2 Å². The summed E-state index contributed by atoms with van der Waals surface area (Å²) in [6, 6.07) is 0.145. The fourth-order valence-corrected chi connectivity index (χ4v) is 2.22. The van der Waals surface area contributed by atoms with Gasteiger partial charge in [0.05, 0.1) is 12.2 Å². The molecule has 110 valence electrons. The molecule has 1 aromatic heterocycles. The van der Waals surface area contributed by atoms with Crippen molar-refractivity contribution >= 4 is 11.9 Å². The summed E-state index contributed by atoms with van der Waals surface area (Å²) >= 11 is 0. The Balaban J connectivity index is 1.89. The normalized spacial score (nSPS) is 18.9. The number of ether oxygens (including phenoxy) is 1. The molecule has 1 aliphatic heterocycles. The summed E-state index contributed by atoms with van der Waals surface area (Å²) in [7, 11) is 0. The Morgan fingerprint density at radius 3 is 2.95 bits per heavy atom. The lowest BCUT2D eigenvalue weighted by Crippen LogP contribution is -2.42. The largest absolute Gasteiger partial charge is 0.444 e. The number of nitrogens with zero attached hydrogens (tertiary/aromatic N) is 3. The molecule has 0 saturated carbocycles. The highest BCUT2D eigenvalue weighted by molar-refractivity contribution is 5.69. The number of anilines is 1. The molecular weight excluding hydrogens is 256 g/mol. The summed E-state index contributed by atoms with van der Waals surface area (Å²) < 4.78 is 5.44. The first-order valence-electron chi connectivity index (χ1n) is 6.95. The van der Waals surface area contributed by atoms with Gasteiger partial charge < -0.3 is 15.0 Å². The van der Waals surface area contributed by atoms with Crippen LogP contribution in [-0.4, -0.2) is 45.7 Å². The molecule has 1 fully saturated rings. The molecule has 2 heterocycles. The molecule has 1 aliphatic rings. The Morgan fingerprint density at radius 2 is 2.30 bits per heavy atom. The van der Waals surface area contributed by atoms with Gasteiger partial charge in [-0.3, -0.25) is 4.98 Å². The van der Waals surface area contributed by atoms with Gasteiger partial charge in [0.2, 0.25) is 0 Å². The second-order valence-corrected chi connectivity index (χ2v) is 5.94. The Labute approximate surface area is 119 Å². The van der Waals surface area contributed by atoms with Gasteiger partial charge in [-0.25, -0.2) is 9.78 Å². The van der Waals surface area contributed by atoms with Crippen molar-refractivity contribution in [3.05, 3.63) is 18.6 Å². The van der Waals surface area contributed by atoms with Crippen LogP contribution in [-0.2, 0) is 4.74 Å². The molecular formula is C14H22N4O2. The van der Waals surface area contributed by atoms with Crippen molar-refractivity contribution in [2.45, 2.75) is 45.3 Å². The summed E-state index contributed by atoms with van der Waals surface area (Å²) in [5.41, 5.74) is -0.456. The van der Waals surface area contributed by atoms with E-state index in [0.29, 0.717) is 6.54 Å². The predicted octanol–water partition coefficient (Wildman–Crippen LogP) is 2.29. The number of hydrogen-bond acceptors (Lipinski definition) is 5. The number of nitrogens with one attached hydrogen (secondary N) is 1. The van der Waals surface area contributed by atoms with Crippen LogP contribution >= 0.6 is 0 Å². The third kappa shape index (κ3) is 4.08. The Bertz CT molecular complexity index is 444. The van der Waals surface area contributed by atoms with Crippen molar-refractivity contribution in [2.24, 2.45) is 0 Å². The quantitative estimate of drug-likeness (QED) is 0.918. The molecule has 0 radical (unpaired) electrons. The van der Waals surface area contributed by atoms with E-state index in [1.54, 1.807) is 23.5 Å². The average Bonchev–Trinajstić information content (AvgIpc) is 2.84. The minimum absolute atomic E-state index is 0.145. The van der Waals surface area contributed by atoms with Crippen LogP contribution in [0.5, 0.6) is 0 Å². The molecule has 0 bridgehead atoms. The molecule has 2 rings (SSSR count). The first-order valence-corrected chi connectivity index (χ1v) is 6.95. The molecule has 1 aromatic rings. The number of amides is 1. The number of hydrogen-bond donors (Lipinski definition) is 1. The van der Waals surface area contributed by atoms with Gasteiger partial charge in [-0.05, 0) is 33.6 Å². The van der Waals surface area contributed by atoms with E-state index in [2.05, 4.69) is 15.3 Å². The van der Waals surface area contributed by atoms with Crippen molar-refractivity contribution in [3.63, 3.8) is 0 Å². The topological polar surface area (TPSA) is 67.3 Å². The van der Waals surface area contributed by atoms with Gasteiger partial charge in [0.15, 0.2) is 0 Å². The monoisotopic (exact) mass is 278 g/mol. The highest BCUT2D eigenvalue weighted by Gasteiger charge is 2.31. The minimum Gasteiger partial charge on any atom is -0.444 e. The van der Waals surface area contributed by atoms with Crippen LogP contribution in [0.15, 0.2) is 18.6 Å². The molecule has 1 saturated heterocycles. The second kappa shape index (κ2) is 6.07. The second-order valence-electron chi connectivity index (χ2n) is 5.94. The maximum absolute atomic E-state index is 12.1. The van der Waals surface area contributed by atoms with Gasteiger partial charge in [-0.1, -0.05) is 0 Å². The zero-order chi connectivity index (χ0) is 14.6. The van der Waals surface area contributed by atoms with Crippen molar-refractivity contribution in [3.8, 4) is 0 Å². The number of carbonyl (C=O) groups excluding carboxylic acids is 1. The first kappa shape index (κ1) is 14.6. The molecule has 1 amide bonds. The smallest absolute Gasteiger partial charge is 0.410 e. The summed E-state index contributed by atoms with van der Waals surface area (Å²) in [6.07, 6.45) is 6.70. The maximum atomic E-state index is 12.1. The van der Waals surface area contributed by atoms with E-state index in [9.17, 15) is 4.79 Å². The van der Waals surface area contributed by atoms with Gasteiger partial charge >= 0.3 is 6.09 Å².